The lowest BCUT2D eigenvalue weighted by atomic mass is 10.1. The number of nitrogens with zero attached hydrogens (tertiary/aromatic N) is 1. The summed E-state index contributed by atoms with van der Waals surface area (Å²) in [7, 11) is 1.30. The van der Waals surface area contributed by atoms with Crippen molar-refractivity contribution in [3.05, 3.63) is 32.9 Å². The summed E-state index contributed by atoms with van der Waals surface area (Å²) >= 11 is 3.07. The lowest BCUT2D eigenvalue weighted by molar-refractivity contribution is -0.736. The molecule has 0 saturated heterocycles. The highest BCUT2D eigenvalue weighted by Gasteiger charge is 2.29. The summed E-state index contributed by atoms with van der Waals surface area (Å²) in [5.41, 5.74) is 2.46. The summed E-state index contributed by atoms with van der Waals surface area (Å²) in [6.45, 7) is 0. The highest BCUT2D eigenvalue weighted by Crippen LogP contribution is 2.41. The second-order valence-electron chi connectivity index (χ2n) is 3.69. The molecule has 0 aromatic heterocycles. The molecular formula is C12H13N2O3S2+. The number of carbonyl (C=O) groups excluding carboxylic acids is 1. The zero-order valence-electron chi connectivity index (χ0n) is 10.7. The van der Waals surface area contributed by atoms with E-state index < -0.39 is 0 Å². The first-order valence-electron chi connectivity index (χ1n) is 5.41. The van der Waals surface area contributed by atoms with E-state index in [-0.39, 0.29) is 5.91 Å². The molecule has 1 aromatic rings. The molecule has 100 valence electrons. The van der Waals surface area contributed by atoms with E-state index in [1.165, 1.54) is 30.6 Å². The molecule has 5 nitrogen and oxygen atoms in total. The van der Waals surface area contributed by atoms with Gasteiger partial charge in [-0.1, -0.05) is 0 Å². The number of hydrogen-bond donors (Lipinski definition) is 1. The van der Waals surface area contributed by atoms with Gasteiger partial charge in [-0.3, -0.25) is 4.79 Å². The standard InChI is InChI=1S/C12H12N2O3S2/c1-17-14(16)7-4-5-8-9(6-7)13-11(15)10(8)12(18-2)19-3/h4-6H,1-3H3/p+1. The Morgan fingerprint density at radius 3 is 2.58 bits per heavy atom. The Balaban J connectivity index is 2.52. The minimum absolute atomic E-state index is 0.138. The van der Waals surface area contributed by atoms with Crippen LogP contribution in [-0.4, -0.2) is 30.5 Å². The van der Waals surface area contributed by atoms with E-state index in [0.29, 0.717) is 21.9 Å². The van der Waals surface area contributed by atoms with Crippen LogP contribution in [0.2, 0.25) is 0 Å². The molecule has 0 bridgehead atoms. The predicted octanol–water partition coefficient (Wildman–Crippen LogP) is 3.01. The first-order chi connectivity index (χ1) is 9.12. The Kier molecular flexibility index (Phi) is 4.16. The number of amides is 1. The Labute approximate surface area is 119 Å². The van der Waals surface area contributed by atoms with Gasteiger partial charge in [0.2, 0.25) is 0 Å². The topological polar surface area (TPSA) is 58.4 Å². The minimum Gasteiger partial charge on any atom is -0.321 e. The molecule has 1 N–H and O–H groups in total. The van der Waals surface area contributed by atoms with Crippen molar-refractivity contribution in [2.75, 3.05) is 24.9 Å². The Morgan fingerprint density at radius 2 is 2.00 bits per heavy atom. The quantitative estimate of drug-likeness (QED) is 0.684. The molecule has 0 saturated carbocycles. The molecule has 1 heterocycles. The van der Waals surface area contributed by atoms with E-state index in [9.17, 15) is 9.70 Å². The summed E-state index contributed by atoms with van der Waals surface area (Å²) in [4.78, 5) is 28.4. The molecule has 0 fully saturated rings. The van der Waals surface area contributed by atoms with Gasteiger partial charge in [-0.2, -0.15) is 0 Å². The van der Waals surface area contributed by atoms with Crippen molar-refractivity contribution in [3.8, 4) is 0 Å². The zero-order valence-corrected chi connectivity index (χ0v) is 12.4. The first kappa shape index (κ1) is 14.0. The van der Waals surface area contributed by atoms with Crippen LogP contribution in [0.25, 0.3) is 5.57 Å². The summed E-state index contributed by atoms with van der Waals surface area (Å²) < 4.78 is 0.953. The Bertz CT molecular complexity index is 578. The maximum Gasteiger partial charge on any atom is 0.318 e. The summed E-state index contributed by atoms with van der Waals surface area (Å²) in [6.07, 6.45) is 3.87. The first-order valence-corrected chi connectivity index (χ1v) is 7.86. The van der Waals surface area contributed by atoms with Gasteiger partial charge in [-0.25, -0.2) is 4.84 Å². The fraction of sp³-hybridized carbons (Fsp3) is 0.250. The van der Waals surface area contributed by atoms with Gasteiger partial charge < -0.3 is 5.32 Å². The van der Waals surface area contributed by atoms with Crippen LogP contribution in [-0.2, 0) is 9.63 Å². The summed E-state index contributed by atoms with van der Waals surface area (Å²) in [5.74, 6) is -0.138. The number of benzene rings is 1. The molecule has 0 aliphatic carbocycles. The number of rotatable bonds is 4. The second kappa shape index (κ2) is 5.66. The number of thioether (sulfide) groups is 2. The van der Waals surface area contributed by atoms with E-state index >= 15 is 0 Å². The van der Waals surface area contributed by atoms with Gasteiger partial charge in [-0.05, 0) is 18.6 Å². The molecule has 0 unspecified atom stereocenters. The number of anilines is 1. The molecule has 1 aromatic carbocycles. The Hall–Kier alpha value is -1.47. The van der Waals surface area contributed by atoms with Crippen molar-refractivity contribution < 1.29 is 14.6 Å². The van der Waals surface area contributed by atoms with Crippen molar-refractivity contribution >= 4 is 46.4 Å². The number of fused-ring (bicyclic) bond motifs is 1. The van der Waals surface area contributed by atoms with Gasteiger partial charge in [0.1, 0.15) is 0 Å². The van der Waals surface area contributed by atoms with Crippen LogP contribution in [0, 0.1) is 4.91 Å². The van der Waals surface area contributed by atoms with Crippen molar-refractivity contribution in [2.45, 2.75) is 0 Å². The third kappa shape index (κ3) is 2.48. The van der Waals surface area contributed by atoms with Gasteiger partial charge in [0.15, 0.2) is 7.11 Å². The molecule has 19 heavy (non-hydrogen) atoms. The number of hydrogen-bond acceptors (Lipinski definition) is 5. The average Bonchev–Trinajstić information content (AvgIpc) is 2.75. The molecule has 2 rings (SSSR count). The fourth-order valence-corrected chi connectivity index (χ4v) is 3.35. The van der Waals surface area contributed by atoms with E-state index in [0.717, 1.165) is 9.80 Å². The largest absolute Gasteiger partial charge is 0.321 e. The average molecular weight is 297 g/mol. The van der Waals surface area contributed by atoms with Crippen LogP contribution in [0.1, 0.15) is 5.56 Å². The van der Waals surface area contributed by atoms with E-state index in [2.05, 4.69) is 10.2 Å². The van der Waals surface area contributed by atoms with Gasteiger partial charge >= 0.3 is 5.69 Å². The zero-order chi connectivity index (χ0) is 14.0. The molecule has 1 aliphatic rings. The van der Waals surface area contributed by atoms with Crippen LogP contribution in [0.3, 0.4) is 0 Å². The third-order valence-electron chi connectivity index (χ3n) is 2.70. The van der Waals surface area contributed by atoms with Gasteiger partial charge in [-0.15, -0.1) is 23.5 Å². The molecule has 0 atom stereocenters. The normalized spacial score (nSPS) is 13.0. The van der Waals surface area contributed by atoms with E-state index in [4.69, 9.17) is 0 Å². The molecule has 7 heteroatoms. The third-order valence-corrected chi connectivity index (χ3v) is 4.85. The molecule has 1 aliphatic heterocycles. The van der Waals surface area contributed by atoms with Crippen LogP contribution < -0.4 is 5.32 Å². The van der Waals surface area contributed by atoms with Crippen molar-refractivity contribution in [2.24, 2.45) is 0 Å². The second-order valence-corrected chi connectivity index (χ2v) is 5.59. The monoisotopic (exact) mass is 297 g/mol. The molecule has 0 spiro atoms. The molecule has 0 radical (unpaired) electrons. The van der Waals surface area contributed by atoms with Gasteiger partial charge in [0.25, 0.3) is 10.8 Å². The summed E-state index contributed by atoms with van der Waals surface area (Å²) in [5, 5.41) is 2.77. The van der Waals surface area contributed by atoms with E-state index in [1.54, 1.807) is 18.2 Å². The van der Waals surface area contributed by atoms with E-state index in [1.807, 2.05) is 12.5 Å². The van der Waals surface area contributed by atoms with Crippen molar-refractivity contribution in [1.29, 1.82) is 0 Å². The van der Waals surface area contributed by atoms with Crippen LogP contribution >= 0.6 is 23.5 Å². The molecule has 1 amide bonds. The smallest absolute Gasteiger partial charge is 0.318 e. The molecular weight excluding hydrogens is 284 g/mol. The van der Waals surface area contributed by atoms with Crippen LogP contribution in [0.5, 0.6) is 0 Å². The van der Waals surface area contributed by atoms with Crippen molar-refractivity contribution in [3.63, 3.8) is 0 Å². The maximum atomic E-state index is 12.0. The fourth-order valence-electron chi connectivity index (χ4n) is 1.87. The van der Waals surface area contributed by atoms with Gasteiger partial charge in [0.05, 0.1) is 20.4 Å². The maximum absolute atomic E-state index is 12.0. The highest BCUT2D eigenvalue weighted by molar-refractivity contribution is 8.22. The predicted molar refractivity (Wildman–Crippen MR) is 79.3 cm³/mol. The number of nitrogens with one attached hydrogen (secondary N) is 1. The van der Waals surface area contributed by atoms with Crippen LogP contribution in [0.4, 0.5) is 11.4 Å². The highest BCUT2D eigenvalue weighted by atomic mass is 32.2. The van der Waals surface area contributed by atoms with Crippen LogP contribution in [0.15, 0.2) is 22.4 Å². The minimum atomic E-state index is -0.138. The Morgan fingerprint density at radius 1 is 1.32 bits per heavy atom. The lowest BCUT2D eigenvalue weighted by Gasteiger charge is -2.03. The van der Waals surface area contributed by atoms with Crippen molar-refractivity contribution in [1.82, 2.24) is 0 Å². The summed E-state index contributed by atoms with van der Waals surface area (Å²) in [6, 6.07) is 5.00. The lowest BCUT2D eigenvalue weighted by Crippen LogP contribution is -2.04. The van der Waals surface area contributed by atoms with Gasteiger partial charge in [0, 0.05) is 17.7 Å². The number of carbonyl (C=O) groups is 1. The SMILES string of the molecule is CO[N+](=O)c1ccc2c(c1)NC(=O)C2=C(SC)SC.